The van der Waals surface area contributed by atoms with Crippen LogP contribution in [0.5, 0.6) is 0 Å². The molecule has 0 rings (SSSR count). The molecule has 1 atom stereocenters. The summed E-state index contributed by atoms with van der Waals surface area (Å²) in [4.78, 5) is 13.5. The fourth-order valence-electron chi connectivity index (χ4n) is 1.52. The molecule has 0 spiro atoms. The molecule has 1 amide bonds. The number of carbonyl (C=O) groups excluding carboxylic acids is 1. The van der Waals surface area contributed by atoms with Gasteiger partial charge in [-0.05, 0) is 19.8 Å². The molecule has 0 aromatic rings. The first-order valence-corrected chi connectivity index (χ1v) is 5.61. The van der Waals surface area contributed by atoms with Crippen LogP contribution in [0.2, 0.25) is 0 Å². The van der Waals surface area contributed by atoms with E-state index in [9.17, 15) is 4.79 Å². The summed E-state index contributed by atoms with van der Waals surface area (Å²) in [6, 6.07) is -0.371. The van der Waals surface area contributed by atoms with Gasteiger partial charge in [0.15, 0.2) is 0 Å². The van der Waals surface area contributed by atoms with E-state index in [-0.39, 0.29) is 11.9 Å². The Bertz CT molecular complexity index is 165. The van der Waals surface area contributed by atoms with E-state index in [0.29, 0.717) is 5.92 Å². The molecule has 14 heavy (non-hydrogen) atoms. The van der Waals surface area contributed by atoms with Gasteiger partial charge in [-0.15, -0.1) is 0 Å². The minimum absolute atomic E-state index is 0.0689. The third kappa shape index (κ3) is 4.09. The number of likely N-dealkylation sites (N-methyl/N-ethyl adjacent to an activating group) is 1. The predicted molar refractivity (Wildman–Crippen MR) is 60.0 cm³/mol. The second kappa shape index (κ2) is 6.82. The van der Waals surface area contributed by atoms with Gasteiger partial charge in [-0.3, -0.25) is 4.79 Å². The Morgan fingerprint density at radius 3 is 2.07 bits per heavy atom. The molecule has 0 unspecified atom stereocenters. The molecule has 3 heteroatoms. The largest absolute Gasteiger partial charge is 0.341 e. The highest BCUT2D eigenvalue weighted by atomic mass is 16.2. The standard InChI is InChI=1S/C11H24N2O/c1-5-10(6-2)8-13(7-3)11(14)9(4)12/h9-10H,5-8,12H2,1-4H3/t9-/m0/s1. The van der Waals surface area contributed by atoms with Crippen LogP contribution in [-0.4, -0.2) is 29.9 Å². The number of amides is 1. The summed E-state index contributed by atoms with van der Waals surface area (Å²) in [7, 11) is 0. The predicted octanol–water partition coefficient (Wildman–Crippen LogP) is 1.62. The molecular formula is C11H24N2O. The topological polar surface area (TPSA) is 46.3 Å². The Balaban J connectivity index is 4.20. The van der Waals surface area contributed by atoms with Crippen LogP contribution in [0, 0.1) is 5.92 Å². The summed E-state index contributed by atoms with van der Waals surface area (Å²) in [6.07, 6.45) is 2.25. The molecule has 0 aromatic carbocycles. The summed E-state index contributed by atoms with van der Waals surface area (Å²) in [6.45, 7) is 9.69. The zero-order chi connectivity index (χ0) is 11.1. The Kier molecular flexibility index (Phi) is 6.54. The van der Waals surface area contributed by atoms with Gasteiger partial charge in [0.2, 0.25) is 5.91 Å². The van der Waals surface area contributed by atoms with Crippen molar-refractivity contribution in [1.82, 2.24) is 4.90 Å². The summed E-state index contributed by atoms with van der Waals surface area (Å²) in [5.41, 5.74) is 5.58. The Morgan fingerprint density at radius 1 is 1.29 bits per heavy atom. The van der Waals surface area contributed by atoms with Gasteiger partial charge in [-0.1, -0.05) is 26.7 Å². The van der Waals surface area contributed by atoms with Gasteiger partial charge < -0.3 is 10.6 Å². The average Bonchev–Trinajstić information content (AvgIpc) is 2.19. The monoisotopic (exact) mass is 200 g/mol. The Labute approximate surface area is 87.6 Å². The minimum Gasteiger partial charge on any atom is -0.341 e. The summed E-state index contributed by atoms with van der Waals surface area (Å²) >= 11 is 0. The van der Waals surface area contributed by atoms with Crippen molar-refractivity contribution in [1.29, 1.82) is 0 Å². The van der Waals surface area contributed by atoms with Crippen molar-refractivity contribution in [2.75, 3.05) is 13.1 Å². The fourth-order valence-corrected chi connectivity index (χ4v) is 1.52. The van der Waals surface area contributed by atoms with Crippen LogP contribution in [-0.2, 0) is 4.79 Å². The Hall–Kier alpha value is -0.570. The SMILES string of the molecule is CCC(CC)CN(CC)C(=O)[C@H](C)N. The fraction of sp³-hybridized carbons (Fsp3) is 0.909. The molecule has 0 radical (unpaired) electrons. The molecule has 2 N–H and O–H groups in total. The van der Waals surface area contributed by atoms with Crippen LogP contribution >= 0.6 is 0 Å². The van der Waals surface area contributed by atoms with Gasteiger partial charge in [-0.25, -0.2) is 0 Å². The normalized spacial score (nSPS) is 13.0. The van der Waals surface area contributed by atoms with E-state index in [1.807, 2.05) is 11.8 Å². The lowest BCUT2D eigenvalue weighted by Gasteiger charge is -2.26. The number of rotatable bonds is 6. The molecule has 0 aliphatic heterocycles. The smallest absolute Gasteiger partial charge is 0.239 e. The van der Waals surface area contributed by atoms with E-state index in [1.165, 1.54) is 0 Å². The number of carbonyl (C=O) groups is 1. The van der Waals surface area contributed by atoms with Gasteiger partial charge in [0.25, 0.3) is 0 Å². The van der Waals surface area contributed by atoms with Crippen molar-refractivity contribution in [3.05, 3.63) is 0 Å². The molecule has 0 fully saturated rings. The second-order valence-electron chi connectivity index (χ2n) is 3.85. The zero-order valence-electron chi connectivity index (χ0n) is 9.92. The quantitative estimate of drug-likeness (QED) is 0.708. The maximum absolute atomic E-state index is 11.6. The molecule has 84 valence electrons. The van der Waals surface area contributed by atoms with E-state index in [1.54, 1.807) is 6.92 Å². The average molecular weight is 200 g/mol. The third-order valence-corrected chi connectivity index (χ3v) is 2.72. The van der Waals surface area contributed by atoms with Crippen molar-refractivity contribution >= 4 is 5.91 Å². The minimum atomic E-state index is -0.371. The van der Waals surface area contributed by atoms with Crippen molar-refractivity contribution < 1.29 is 4.79 Å². The van der Waals surface area contributed by atoms with Crippen LogP contribution in [0.1, 0.15) is 40.5 Å². The van der Waals surface area contributed by atoms with E-state index in [4.69, 9.17) is 5.73 Å². The van der Waals surface area contributed by atoms with Crippen molar-refractivity contribution in [2.45, 2.75) is 46.6 Å². The molecular weight excluding hydrogens is 176 g/mol. The van der Waals surface area contributed by atoms with E-state index >= 15 is 0 Å². The lowest BCUT2D eigenvalue weighted by Crippen LogP contribution is -2.44. The molecule has 0 saturated carbocycles. The summed E-state index contributed by atoms with van der Waals surface area (Å²) in [5.74, 6) is 0.678. The number of hydrogen-bond acceptors (Lipinski definition) is 2. The van der Waals surface area contributed by atoms with Crippen LogP contribution < -0.4 is 5.73 Å². The highest BCUT2D eigenvalue weighted by molar-refractivity contribution is 5.81. The number of nitrogens with zero attached hydrogens (tertiary/aromatic N) is 1. The summed E-state index contributed by atoms with van der Waals surface area (Å²) < 4.78 is 0. The molecule has 0 heterocycles. The molecule has 3 nitrogen and oxygen atoms in total. The van der Waals surface area contributed by atoms with Gasteiger partial charge in [0.1, 0.15) is 0 Å². The van der Waals surface area contributed by atoms with E-state index in [0.717, 1.165) is 25.9 Å². The lowest BCUT2D eigenvalue weighted by atomic mass is 10.0. The molecule has 0 saturated heterocycles. The molecule has 0 aliphatic rings. The first-order valence-electron chi connectivity index (χ1n) is 5.61. The van der Waals surface area contributed by atoms with E-state index in [2.05, 4.69) is 13.8 Å². The van der Waals surface area contributed by atoms with Crippen LogP contribution in [0.4, 0.5) is 0 Å². The lowest BCUT2D eigenvalue weighted by molar-refractivity contribution is -0.132. The van der Waals surface area contributed by atoms with Crippen molar-refractivity contribution in [3.63, 3.8) is 0 Å². The van der Waals surface area contributed by atoms with Gasteiger partial charge in [-0.2, -0.15) is 0 Å². The number of hydrogen-bond donors (Lipinski definition) is 1. The zero-order valence-corrected chi connectivity index (χ0v) is 9.92. The number of nitrogens with two attached hydrogens (primary N) is 1. The maximum atomic E-state index is 11.6. The van der Waals surface area contributed by atoms with Gasteiger partial charge in [0, 0.05) is 13.1 Å². The van der Waals surface area contributed by atoms with Crippen molar-refractivity contribution in [3.8, 4) is 0 Å². The third-order valence-electron chi connectivity index (χ3n) is 2.72. The Morgan fingerprint density at radius 2 is 1.79 bits per heavy atom. The van der Waals surface area contributed by atoms with Crippen LogP contribution in [0.25, 0.3) is 0 Å². The van der Waals surface area contributed by atoms with Gasteiger partial charge >= 0.3 is 0 Å². The molecule has 0 aromatic heterocycles. The van der Waals surface area contributed by atoms with Crippen LogP contribution in [0.15, 0.2) is 0 Å². The highest BCUT2D eigenvalue weighted by Gasteiger charge is 2.18. The molecule has 0 bridgehead atoms. The first-order chi connectivity index (χ1) is 6.56. The highest BCUT2D eigenvalue weighted by Crippen LogP contribution is 2.10. The van der Waals surface area contributed by atoms with E-state index < -0.39 is 0 Å². The van der Waals surface area contributed by atoms with Crippen LogP contribution in [0.3, 0.4) is 0 Å². The van der Waals surface area contributed by atoms with Gasteiger partial charge in [0.05, 0.1) is 6.04 Å². The maximum Gasteiger partial charge on any atom is 0.239 e. The first kappa shape index (κ1) is 13.4. The second-order valence-corrected chi connectivity index (χ2v) is 3.85. The summed E-state index contributed by atoms with van der Waals surface area (Å²) in [5, 5.41) is 0. The van der Waals surface area contributed by atoms with Crippen molar-refractivity contribution in [2.24, 2.45) is 11.7 Å². The molecule has 0 aliphatic carbocycles.